The summed E-state index contributed by atoms with van der Waals surface area (Å²) in [6, 6.07) is 2.11. The number of anilines is 1. The Bertz CT molecular complexity index is 817. The average Bonchev–Trinajstić information content (AvgIpc) is 2.96. The maximum Gasteiger partial charge on any atom is 0.416 e. The molecule has 0 saturated carbocycles. The Morgan fingerprint density at radius 1 is 1.33 bits per heavy atom. The number of nitrogens with zero attached hydrogens (tertiary/aromatic N) is 2. The van der Waals surface area contributed by atoms with Crippen molar-refractivity contribution in [3.05, 3.63) is 35.0 Å². The van der Waals surface area contributed by atoms with Crippen LogP contribution in [-0.2, 0) is 11.0 Å². The van der Waals surface area contributed by atoms with Crippen molar-refractivity contribution in [2.45, 2.75) is 6.18 Å². The van der Waals surface area contributed by atoms with Gasteiger partial charge in [0, 0.05) is 12.6 Å². The topological polar surface area (TPSA) is 87.6 Å². The van der Waals surface area contributed by atoms with Gasteiger partial charge in [-0.3, -0.25) is 14.5 Å². The Labute approximate surface area is 137 Å². The molecule has 0 saturated heterocycles. The first kappa shape index (κ1) is 17.6. The Balaban J connectivity index is 2.74. The molecule has 0 radical (unpaired) electrons. The number of alkyl halides is 3. The lowest BCUT2D eigenvalue weighted by molar-refractivity contribution is -0.137. The van der Waals surface area contributed by atoms with E-state index < -0.39 is 23.3 Å². The lowest BCUT2D eigenvalue weighted by Crippen LogP contribution is -2.13. The fraction of sp³-hybridized carbons (Fsp3) is 0.143. The zero-order chi connectivity index (χ0) is 18.1. The molecule has 0 spiro atoms. The summed E-state index contributed by atoms with van der Waals surface area (Å²) >= 11 is 0.742. The minimum Gasteiger partial charge on any atom is -0.478 e. The minimum absolute atomic E-state index is 0.0517. The molecule has 24 heavy (non-hydrogen) atoms. The monoisotopic (exact) mass is 358 g/mol. The van der Waals surface area contributed by atoms with Gasteiger partial charge in [0.05, 0.1) is 16.0 Å². The summed E-state index contributed by atoms with van der Waals surface area (Å²) in [4.78, 5) is 38.0. The predicted octanol–water partition coefficient (Wildman–Crippen LogP) is 2.93. The zero-order valence-electron chi connectivity index (χ0n) is 12.0. The number of carbonyl (C=O) groups is 3. The summed E-state index contributed by atoms with van der Waals surface area (Å²) in [7, 11) is 1.34. The van der Waals surface area contributed by atoms with Crippen LogP contribution in [0.3, 0.4) is 0 Å². The van der Waals surface area contributed by atoms with E-state index in [-0.39, 0.29) is 21.3 Å². The summed E-state index contributed by atoms with van der Waals surface area (Å²) in [6.45, 7) is 0. The third-order valence-electron chi connectivity index (χ3n) is 3.04. The molecule has 0 aliphatic rings. The number of carboxylic acid groups (broad SMARTS) is 1. The van der Waals surface area contributed by atoms with Gasteiger partial charge >= 0.3 is 12.1 Å². The highest BCUT2D eigenvalue weighted by molar-refractivity contribution is 7.19. The van der Waals surface area contributed by atoms with Crippen LogP contribution in [0.5, 0.6) is 0 Å². The normalized spacial score (nSPS) is 11.2. The van der Waals surface area contributed by atoms with Gasteiger partial charge in [-0.15, -0.1) is 0 Å². The number of carboxylic acids is 1. The van der Waals surface area contributed by atoms with E-state index in [0.29, 0.717) is 24.8 Å². The molecule has 2 aromatic rings. The lowest BCUT2D eigenvalue weighted by atomic mass is 10.0. The number of aromatic nitrogens is 1. The Kier molecular flexibility index (Phi) is 4.69. The van der Waals surface area contributed by atoms with Crippen molar-refractivity contribution in [3.8, 4) is 10.4 Å². The summed E-state index contributed by atoms with van der Waals surface area (Å²) in [6.07, 6.45) is -3.98. The summed E-state index contributed by atoms with van der Waals surface area (Å²) in [5.41, 5.74) is -2.00. The molecule has 1 N–H and O–H groups in total. The third-order valence-corrected chi connectivity index (χ3v) is 4.23. The smallest absolute Gasteiger partial charge is 0.416 e. The van der Waals surface area contributed by atoms with Gasteiger partial charge in [-0.25, -0.2) is 9.78 Å². The van der Waals surface area contributed by atoms with E-state index in [1.54, 1.807) is 0 Å². The molecule has 1 amide bonds. The highest BCUT2D eigenvalue weighted by atomic mass is 32.1. The number of amides is 1. The van der Waals surface area contributed by atoms with Crippen molar-refractivity contribution in [1.29, 1.82) is 0 Å². The van der Waals surface area contributed by atoms with E-state index in [1.807, 2.05) is 0 Å². The molecule has 10 heteroatoms. The SMILES string of the molecule is CN(C=O)c1nc(C=O)c(-c2cc(C(F)(F)F)ccc2C(=O)O)s1. The van der Waals surface area contributed by atoms with E-state index in [1.165, 1.54) is 7.05 Å². The van der Waals surface area contributed by atoms with Crippen molar-refractivity contribution in [1.82, 2.24) is 4.98 Å². The van der Waals surface area contributed by atoms with Crippen LogP contribution >= 0.6 is 11.3 Å². The van der Waals surface area contributed by atoms with E-state index >= 15 is 0 Å². The molecule has 6 nitrogen and oxygen atoms in total. The number of hydrogen-bond acceptors (Lipinski definition) is 5. The third kappa shape index (κ3) is 3.27. The molecular formula is C14H9F3N2O4S. The van der Waals surface area contributed by atoms with Crippen LogP contribution in [-0.4, -0.2) is 35.8 Å². The maximum atomic E-state index is 12.9. The van der Waals surface area contributed by atoms with Gasteiger partial charge in [0.2, 0.25) is 6.41 Å². The quantitative estimate of drug-likeness (QED) is 0.831. The van der Waals surface area contributed by atoms with E-state index in [4.69, 9.17) is 0 Å². The Morgan fingerprint density at radius 3 is 2.50 bits per heavy atom. The van der Waals surface area contributed by atoms with Crippen molar-refractivity contribution < 1.29 is 32.7 Å². The van der Waals surface area contributed by atoms with Gasteiger partial charge in [0.15, 0.2) is 11.4 Å². The van der Waals surface area contributed by atoms with Crippen LogP contribution in [0, 0.1) is 0 Å². The number of hydrogen-bond donors (Lipinski definition) is 1. The molecular weight excluding hydrogens is 349 g/mol. The minimum atomic E-state index is -4.68. The fourth-order valence-electron chi connectivity index (χ4n) is 1.88. The predicted molar refractivity (Wildman–Crippen MR) is 79.4 cm³/mol. The van der Waals surface area contributed by atoms with Crippen LogP contribution in [0.15, 0.2) is 18.2 Å². The van der Waals surface area contributed by atoms with Crippen LogP contribution in [0.25, 0.3) is 10.4 Å². The van der Waals surface area contributed by atoms with Crippen LogP contribution in [0.2, 0.25) is 0 Å². The number of rotatable bonds is 5. The molecule has 0 unspecified atom stereocenters. The second-order valence-corrected chi connectivity index (χ2v) is 5.59. The van der Waals surface area contributed by atoms with Gasteiger partial charge in [-0.1, -0.05) is 11.3 Å². The molecule has 0 aliphatic heterocycles. The number of carbonyl (C=O) groups excluding carboxylic acids is 2. The van der Waals surface area contributed by atoms with Gasteiger partial charge in [0.1, 0.15) is 5.69 Å². The summed E-state index contributed by atoms with van der Waals surface area (Å²) in [5.74, 6) is -1.45. The van der Waals surface area contributed by atoms with Crippen LogP contribution in [0.4, 0.5) is 18.3 Å². The Morgan fingerprint density at radius 2 is 2.00 bits per heavy atom. The molecule has 0 atom stereocenters. The van der Waals surface area contributed by atoms with Crippen molar-refractivity contribution >= 4 is 35.1 Å². The van der Waals surface area contributed by atoms with Crippen LogP contribution in [0.1, 0.15) is 26.4 Å². The second kappa shape index (κ2) is 6.40. The van der Waals surface area contributed by atoms with Crippen molar-refractivity contribution in [2.75, 3.05) is 11.9 Å². The molecule has 0 fully saturated rings. The fourth-order valence-corrected chi connectivity index (χ4v) is 2.87. The van der Waals surface area contributed by atoms with Crippen molar-refractivity contribution in [3.63, 3.8) is 0 Å². The highest BCUT2D eigenvalue weighted by Crippen LogP contribution is 2.39. The molecule has 1 aromatic heterocycles. The second-order valence-electron chi connectivity index (χ2n) is 4.61. The van der Waals surface area contributed by atoms with Gasteiger partial charge in [0.25, 0.3) is 0 Å². The summed E-state index contributed by atoms with van der Waals surface area (Å²) in [5, 5.41) is 9.25. The number of halogens is 3. The van der Waals surface area contributed by atoms with E-state index in [2.05, 4.69) is 4.98 Å². The number of aromatic carboxylic acids is 1. The average molecular weight is 358 g/mol. The highest BCUT2D eigenvalue weighted by Gasteiger charge is 2.32. The number of benzene rings is 1. The lowest BCUT2D eigenvalue weighted by Gasteiger charge is -2.10. The molecule has 1 aromatic carbocycles. The maximum absolute atomic E-state index is 12.9. The molecule has 2 rings (SSSR count). The van der Waals surface area contributed by atoms with Crippen LogP contribution < -0.4 is 4.90 Å². The first-order valence-corrected chi connectivity index (χ1v) is 7.09. The van der Waals surface area contributed by atoms with Gasteiger partial charge in [-0.2, -0.15) is 13.2 Å². The molecule has 0 bridgehead atoms. The van der Waals surface area contributed by atoms with Gasteiger partial charge < -0.3 is 5.11 Å². The molecule has 1 heterocycles. The van der Waals surface area contributed by atoms with E-state index in [0.717, 1.165) is 22.3 Å². The standard InChI is InChI=1S/C14H9F3N2O4S/c1-19(6-21)13-18-10(5-20)11(24-13)9-4-7(14(15,16)17)2-3-8(9)12(22)23/h2-6H,1H3,(H,22,23). The van der Waals surface area contributed by atoms with E-state index in [9.17, 15) is 32.7 Å². The summed E-state index contributed by atoms with van der Waals surface area (Å²) < 4.78 is 38.7. The number of thiazole rings is 1. The largest absolute Gasteiger partial charge is 0.478 e. The molecule has 0 aliphatic carbocycles. The van der Waals surface area contributed by atoms with Crippen molar-refractivity contribution in [2.24, 2.45) is 0 Å². The number of aldehydes is 1. The first-order chi connectivity index (χ1) is 11.2. The zero-order valence-corrected chi connectivity index (χ0v) is 12.8. The molecule has 126 valence electrons. The van der Waals surface area contributed by atoms with Gasteiger partial charge in [-0.05, 0) is 18.2 Å². The Hall–Kier alpha value is -2.75. The first-order valence-electron chi connectivity index (χ1n) is 6.28.